The summed E-state index contributed by atoms with van der Waals surface area (Å²) in [6.07, 6.45) is 3.02. The van der Waals surface area contributed by atoms with Crippen LogP contribution in [0.4, 0.5) is 0 Å². The van der Waals surface area contributed by atoms with E-state index in [2.05, 4.69) is 18.0 Å². The van der Waals surface area contributed by atoms with Crippen molar-refractivity contribution in [1.29, 1.82) is 0 Å². The van der Waals surface area contributed by atoms with Gasteiger partial charge in [-0.1, -0.05) is 6.08 Å². The highest BCUT2D eigenvalue weighted by atomic mass is 16.5. The molecule has 138 valence electrons. The molecule has 5 nitrogen and oxygen atoms in total. The number of aromatic hydroxyl groups is 1. The van der Waals surface area contributed by atoms with Crippen LogP contribution in [-0.4, -0.2) is 37.3 Å². The molecular formula is C22H21NO4. The van der Waals surface area contributed by atoms with Gasteiger partial charge in [0.25, 0.3) is 0 Å². The Labute approximate surface area is 157 Å². The molecule has 0 amide bonds. The average Bonchev–Trinajstić information content (AvgIpc) is 2.69. The Morgan fingerprint density at radius 2 is 1.93 bits per heavy atom. The van der Waals surface area contributed by atoms with Gasteiger partial charge < -0.3 is 19.2 Å². The van der Waals surface area contributed by atoms with E-state index in [-0.39, 0.29) is 16.6 Å². The van der Waals surface area contributed by atoms with Gasteiger partial charge in [-0.05, 0) is 55.4 Å². The van der Waals surface area contributed by atoms with Crippen LogP contribution in [0.25, 0.3) is 27.9 Å². The van der Waals surface area contributed by atoms with E-state index in [9.17, 15) is 9.90 Å². The number of phenolic OH excluding ortho intramolecular Hbond substituents is 1. The van der Waals surface area contributed by atoms with Crippen molar-refractivity contribution in [3.8, 4) is 22.8 Å². The standard InChI is InChI=1S/C22H21NO4/c1-23-11-9-14(10-12-23)17-7-8-18(24)21-19(25)13-20(27-22(17)21)15-3-5-16(26-2)6-4-15/h3-9,13,24H,10-12H2,1-2H3. The summed E-state index contributed by atoms with van der Waals surface area (Å²) in [4.78, 5) is 15.0. The molecule has 0 saturated carbocycles. The van der Waals surface area contributed by atoms with Crippen molar-refractivity contribution in [2.24, 2.45) is 0 Å². The number of hydrogen-bond donors (Lipinski definition) is 1. The molecule has 1 aliphatic heterocycles. The molecule has 1 N–H and O–H groups in total. The Morgan fingerprint density at radius 1 is 1.15 bits per heavy atom. The van der Waals surface area contributed by atoms with Crippen LogP contribution in [0.5, 0.6) is 11.5 Å². The zero-order valence-electron chi connectivity index (χ0n) is 15.4. The van der Waals surface area contributed by atoms with E-state index in [0.717, 1.165) is 42.0 Å². The largest absolute Gasteiger partial charge is 0.507 e. The molecule has 1 aliphatic rings. The van der Waals surface area contributed by atoms with Crippen molar-refractivity contribution in [3.63, 3.8) is 0 Å². The lowest BCUT2D eigenvalue weighted by molar-refractivity contribution is 0.370. The van der Waals surface area contributed by atoms with E-state index in [1.807, 2.05) is 30.3 Å². The molecule has 0 radical (unpaired) electrons. The van der Waals surface area contributed by atoms with Gasteiger partial charge in [-0.3, -0.25) is 4.79 Å². The second-order valence-corrected chi connectivity index (χ2v) is 6.78. The predicted octanol–water partition coefficient (Wildman–Crippen LogP) is 3.89. The fourth-order valence-corrected chi connectivity index (χ4v) is 3.41. The fourth-order valence-electron chi connectivity index (χ4n) is 3.41. The van der Waals surface area contributed by atoms with Crippen LogP contribution < -0.4 is 10.2 Å². The molecule has 0 spiro atoms. The van der Waals surface area contributed by atoms with Gasteiger partial charge in [-0.2, -0.15) is 0 Å². The fraction of sp³-hybridized carbons (Fsp3) is 0.227. The van der Waals surface area contributed by atoms with Gasteiger partial charge in [-0.15, -0.1) is 0 Å². The number of nitrogens with zero attached hydrogens (tertiary/aromatic N) is 1. The number of benzene rings is 2. The van der Waals surface area contributed by atoms with Crippen LogP contribution in [0.2, 0.25) is 0 Å². The monoisotopic (exact) mass is 363 g/mol. The normalized spacial score (nSPS) is 15.0. The summed E-state index contributed by atoms with van der Waals surface area (Å²) in [6.45, 7) is 1.79. The summed E-state index contributed by atoms with van der Waals surface area (Å²) in [7, 11) is 3.68. The van der Waals surface area contributed by atoms with Gasteiger partial charge in [0.05, 0.1) is 7.11 Å². The number of phenols is 1. The zero-order chi connectivity index (χ0) is 19.0. The topological polar surface area (TPSA) is 62.9 Å². The number of methoxy groups -OCH3 is 1. The molecule has 0 aliphatic carbocycles. The molecule has 0 fully saturated rings. The highest BCUT2D eigenvalue weighted by molar-refractivity contribution is 5.94. The van der Waals surface area contributed by atoms with Gasteiger partial charge in [-0.25, -0.2) is 0 Å². The quantitative estimate of drug-likeness (QED) is 0.765. The first-order valence-electron chi connectivity index (χ1n) is 8.89. The molecular weight excluding hydrogens is 342 g/mol. The Hall–Kier alpha value is -3.05. The van der Waals surface area contributed by atoms with Crippen molar-refractivity contribution < 1.29 is 14.3 Å². The molecule has 3 aromatic rings. The summed E-state index contributed by atoms with van der Waals surface area (Å²) in [5.41, 5.74) is 2.96. The first kappa shape index (κ1) is 17.4. The van der Waals surface area contributed by atoms with E-state index in [4.69, 9.17) is 9.15 Å². The number of fused-ring (bicyclic) bond motifs is 1. The van der Waals surface area contributed by atoms with Crippen LogP contribution in [-0.2, 0) is 0 Å². The maximum Gasteiger partial charge on any atom is 0.197 e. The molecule has 0 unspecified atom stereocenters. The smallest absolute Gasteiger partial charge is 0.197 e. The second-order valence-electron chi connectivity index (χ2n) is 6.78. The highest BCUT2D eigenvalue weighted by Crippen LogP contribution is 2.34. The molecule has 27 heavy (non-hydrogen) atoms. The number of likely N-dealkylation sites (N-methyl/N-ethyl adjacent to an activating group) is 1. The Kier molecular flexibility index (Phi) is 4.46. The highest BCUT2D eigenvalue weighted by Gasteiger charge is 2.18. The van der Waals surface area contributed by atoms with Crippen molar-refractivity contribution >= 4 is 16.5 Å². The SMILES string of the molecule is COc1ccc(-c2cc(=O)c3c(O)ccc(C4=CCN(C)CC4)c3o2)cc1. The number of hydrogen-bond acceptors (Lipinski definition) is 5. The molecule has 2 aromatic carbocycles. The lowest BCUT2D eigenvalue weighted by Crippen LogP contribution is -2.23. The van der Waals surface area contributed by atoms with Crippen molar-refractivity contribution in [2.75, 3.05) is 27.2 Å². The van der Waals surface area contributed by atoms with E-state index >= 15 is 0 Å². The third-order valence-corrected chi connectivity index (χ3v) is 4.99. The molecule has 0 atom stereocenters. The van der Waals surface area contributed by atoms with E-state index in [1.165, 1.54) is 6.07 Å². The Balaban J connectivity index is 1.91. The summed E-state index contributed by atoms with van der Waals surface area (Å²) < 4.78 is 11.3. The van der Waals surface area contributed by atoms with Crippen LogP contribution in [0.3, 0.4) is 0 Å². The third kappa shape index (κ3) is 3.22. The predicted molar refractivity (Wildman–Crippen MR) is 106 cm³/mol. The van der Waals surface area contributed by atoms with Gasteiger partial charge in [0.15, 0.2) is 5.43 Å². The van der Waals surface area contributed by atoms with Crippen molar-refractivity contribution in [3.05, 3.63) is 64.3 Å². The summed E-state index contributed by atoms with van der Waals surface area (Å²) in [5, 5.41) is 10.5. The lowest BCUT2D eigenvalue weighted by atomic mass is 9.97. The third-order valence-electron chi connectivity index (χ3n) is 4.99. The van der Waals surface area contributed by atoms with E-state index in [0.29, 0.717) is 11.3 Å². The van der Waals surface area contributed by atoms with Crippen molar-refractivity contribution in [1.82, 2.24) is 4.90 Å². The minimum Gasteiger partial charge on any atom is -0.507 e. The summed E-state index contributed by atoms with van der Waals surface area (Å²) in [6, 6.07) is 12.2. The van der Waals surface area contributed by atoms with E-state index in [1.54, 1.807) is 13.2 Å². The van der Waals surface area contributed by atoms with E-state index < -0.39 is 0 Å². The molecule has 1 aromatic heterocycles. The van der Waals surface area contributed by atoms with Gasteiger partial charge in [0.2, 0.25) is 0 Å². The molecule has 5 heteroatoms. The van der Waals surface area contributed by atoms with Gasteiger partial charge in [0, 0.05) is 30.3 Å². The van der Waals surface area contributed by atoms with Crippen LogP contribution >= 0.6 is 0 Å². The van der Waals surface area contributed by atoms with Gasteiger partial charge >= 0.3 is 0 Å². The first-order valence-corrected chi connectivity index (χ1v) is 8.89. The summed E-state index contributed by atoms with van der Waals surface area (Å²) in [5.74, 6) is 1.14. The second kappa shape index (κ2) is 6.93. The number of rotatable bonds is 3. The van der Waals surface area contributed by atoms with Crippen molar-refractivity contribution in [2.45, 2.75) is 6.42 Å². The Bertz CT molecular complexity index is 1080. The average molecular weight is 363 g/mol. The van der Waals surface area contributed by atoms with Crippen LogP contribution in [0.15, 0.2) is 57.8 Å². The maximum atomic E-state index is 12.7. The summed E-state index contributed by atoms with van der Waals surface area (Å²) >= 11 is 0. The van der Waals surface area contributed by atoms with Gasteiger partial charge in [0.1, 0.15) is 28.2 Å². The van der Waals surface area contributed by atoms with Crippen LogP contribution in [0, 0.1) is 0 Å². The minimum absolute atomic E-state index is 0.0580. The maximum absolute atomic E-state index is 12.7. The molecule has 0 saturated heterocycles. The molecule has 4 rings (SSSR count). The molecule has 2 heterocycles. The van der Waals surface area contributed by atoms with Crippen LogP contribution in [0.1, 0.15) is 12.0 Å². The Morgan fingerprint density at radius 3 is 2.59 bits per heavy atom. The minimum atomic E-state index is -0.255. The zero-order valence-corrected chi connectivity index (χ0v) is 15.4. The first-order chi connectivity index (χ1) is 13.1. The number of ether oxygens (including phenoxy) is 1. The lowest BCUT2D eigenvalue weighted by Gasteiger charge is -2.22. The molecule has 0 bridgehead atoms.